The lowest BCUT2D eigenvalue weighted by molar-refractivity contribution is -0.192. The number of aliphatic carboxylic acids is 1. The molecule has 176 valence electrons. The Hall–Kier alpha value is -4.28. The van der Waals surface area contributed by atoms with Crippen molar-refractivity contribution in [2.75, 3.05) is 5.32 Å². The van der Waals surface area contributed by atoms with Gasteiger partial charge in [-0.25, -0.2) is 9.18 Å². The third-order valence-electron chi connectivity index (χ3n) is 4.49. The number of nitrogens with zero attached hydrogens (tertiary/aromatic N) is 2. The van der Waals surface area contributed by atoms with Gasteiger partial charge in [-0.15, -0.1) is 0 Å². The summed E-state index contributed by atoms with van der Waals surface area (Å²) in [6.45, 7) is 0. The van der Waals surface area contributed by atoms with Crippen LogP contribution in [-0.2, 0) is 16.0 Å². The zero-order valence-electron chi connectivity index (χ0n) is 17.3. The molecule has 0 aliphatic carbocycles. The summed E-state index contributed by atoms with van der Waals surface area (Å²) >= 11 is 0. The zero-order valence-corrected chi connectivity index (χ0v) is 17.3. The number of aryl methyl sites for hydroxylation is 1. The molecule has 34 heavy (non-hydrogen) atoms. The Labute approximate surface area is 190 Å². The van der Waals surface area contributed by atoms with Gasteiger partial charge in [-0.1, -0.05) is 23.4 Å². The van der Waals surface area contributed by atoms with Crippen molar-refractivity contribution in [3.8, 4) is 11.3 Å². The van der Waals surface area contributed by atoms with Crippen molar-refractivity contribution in [1.29, 1.82) is 0 Å². The second-order valence-electron chi connectivity index (χ2n) is 6.95. The molecule has 0 saturated carbocycles. The predicted molar refractivity (Wildman–Crippen MR) is 114 cm³/mol. The molecule has 2 heterocycles. The number of carbonyl (C=O) groups is 2. The van der Waals surface area contributed by atoms with Gasteiger partial charge in [0.05, 0.1) is 23.6 Å². The summed E-state index contributed by atoms with van der Waals surface area (Å²) in [6, 6.07) is 15.6. The van der Waals surface area contributed by atoms with Crippen LogP contribution < -0.4 is 5.32 Å². The van der Waals surface area contributed by atoms with E-state index in [9.17, 15) is 22.4 Å². The molecule has 7 nitrogen and oxygen atoms in total. The molecule has 11 heteroatoms. The van der Waals surface area contributed by atoms with E-state index in [1.54, 1.807) is 24.5 Å². The maximum absolute atomic E-state index is 13.1. The molecule has 2 aromatic carbocycles. The van der Waals surface area contributed by atoms with Gasteiger partial charge in [0.1, 0.15) is 5.82 Å². The third kappa shape index (κ3) is 6.61. The van der Waals surface area contributed by atoms with Crippen LogP contribution >= 0.6 is 0 Å². The summed E-state index contributed by atoms with van der Waals surface area (Å²) in [4.78, 5) is 25.5. The number of amides is 1. The van der Waals surface area contributed by atoms with Crippen LogP contribution in [0.5, 0.6) is 0 Å². The lowest BCUT2D eigenvalue weighted by Gasteiger charge is -2.06. The predicted octanol–water partition coefficient (Wildman–Crippen LogP) is 5.23. The summed E-state index contributed by atoms with van der Waals surface area (Å²) in [5.74, 6) is -2.65. The summed E-state index contributed by atoms with van der Waals surface area (Å²) in [5, 5.41) is 14.8. The van der Waals surface area contributed by atoms with Crippen molar-refractivity contribution in [2.24, 2.45) is 0 Å². The highest BCUT2D eigenvalue weighted by atomic mass is 19.4. The van der Waals surface area contributed by atoms with E-state index in [4.69, 9.17) is 14.4 Å². The Morgan fingerprint density at radius 2 is 1.71 bits per heavy atom. The van der Waals surface area contributed by atoms with Crippen LogP contribution in [0.15, 0.2) is 71.5 Å². The zero-order chi connectivity index (χ0) is 24.7. The fraction of sp³-hybridized carbons (Fsp3) is 0.130. The lowest BCUT2D eigenvalue weighted by Crippen LogP contribution is -2.21. The minimum absolute atomic E-state index is 0.127. The van der Waals surface area contributed by atoms with Crippen LogP contribution in [0.25, 0.3) is 22.2 Å². The van der Waals surface area contributed by atoms with Gasteiger partial charge < -0.3 is 14.9 Å². The fourth-order valence-corrected chi connectivity index (χ4v) is 2.89. The maximum Gasteiger partial charge on any atom is 0.490 e. The monoisotopic (exact) mass is 475 g/mol. The van der Waals surface area contributed by atoms with Gasteiger partial charge in [-0.3, -0.25) is 9.78 Å². The minimum Gasteiger partial charge on any atom is -0.475 e. The molecule has 4 aromatic rings. The smallest absolute Gasteiger partial charge is 0.475 e. The number of halogens is 4. The molecule has 0 unspecified atom stereocenters. The number of carboxylic acid groups (broad SMARTS) is 1. The molecular weight excluding hydrogens is 458 g/mol. The van der Waals surface area contributed by atoms with Crippen molar-refractivity contribution >= 4 is 28.5 Å². The number of aromatic nitrogens is 2. The first-order chi connectivity index (χ1) is 16.1. The number of nitrogens with one attached hydrogen (secondary N) is 1. The van der Waals surface area contributed by atoms with Crippen LogP contribution in [-0.4, -0.2) is 33.3 Å². The molecule has 0 saturated heterocycles. The normalized spacial score (nSPS) is 10.9. The average molecular weight is 475 g/mol. The van der Waals surface area contributed by atoms with Crippen LogP contribution in [0.1, 0.15) is 12.0 Å². The number of pyridine rings is 1. The Kier molecular flexibility index (Phi) is 7.57. The number of carbonyl (C=O) groups excluding carboxylic acids is 1. The van der Waals surface area contributed by atoms with Crippen molar-refractivity contribution in [3.05, 3.63) is 78.4 Å². The molecule has 0 atom stereocenters. The van der Waals surface area contributed by atoms with Gasteiger partial charge >= 0.3 is 12.1 Å². The van der Waals surface area contributed by atoms with E-state index in [-0.39, 0.29) is 18.1 Å². The van der Waals surface area contributed by atoms with Crippen molar-refractivity contribution in [1.82, 2.24) is 10.1 Å². The molecule has 0 fully saturated rings. The van der Waals surface area contributed by atoms with E-state index in [0.29, 0.717) is 17.9 Å². The van der Waals surface area contributed by atoms with Crippen molar-refractivity contribution in [3.63, 3.8) is 0 Å². The van der Waals surface area contributed by atoms with Crippen molar-refractivity contribution in [2.45, 2.75) is 19.0 Å². The third-order valence-corrected chi connectivity index (χ3v) is 4.49. The Bertz CT molecular complexity index is 1290. The highest BCUT2D eigenvalue weighted by Crippen LogP contribution is 2.25. The molecule has 0 bridgehead atoms. The Morgan fingerprint density at radius 3 is 2.38 bits per heavy atom. The molecule has 0 spiro atoms. The van der Waals surface area contributed by atoms with E-state index in [1.807, 2.05) is 30.3 Å². The number of benzene rings is 2. The fourth-order valence-electron chi connectivity index (χ4n) is 2.89. The summed E-state index contributed by atoms with van der Waals surface area (Å²) in [5.41, 5.74) is 3.06. The number of carboxylic acids is 1. The van der Waals surface area contributed by atoms with Gasteiger partial charge in [-0.05, 0) is 42.8 Å². The Balaban J connectivity index is 0.000000406. The topological polar surface area (TPSA) is 105 Å². The standard InChI is InChI=1S/C21H16FN3O2.C2HF3O2/c22-17-8-5-14(6-9-17)21-16(12-24-27-21)7-10-20(26)25-18-11-15-3-1-2-4-19(15)23-13-18;3-2(4,5)1(6)7/h1-6,8-9,11-13H,7,10H2,(H,25,26);(H,6,7). The molecule has 2 N–H and O–H groups in total. The maximum atomic E-state index is 13.1. The first-order valence-electron chi connectivity index (χ1n) is 9.78. The molecule has 0 aliphatic rings. The second-order valence-corrected chi connectivity index (χ2v) is 6.95. The number of para-hydroxylation sites is 1. The van der Waals surface area contributed by atoms with Crippen LogP contribution in [0, 0.1) is 5.82 Å². The molecule has 0 aliphatic heterocycles. The quantitative estimate of drug-likeness (QED) is 0.383. The summed E-state index contributed by atoms with van der Waals surface area (Å²) < 4.78 is 50.1. The van der Waals surface area contributed by atoms with Crippen molar-refractivity contribution < 1.29 is 36.8 Å². The SMILES string of the molecule is O=C(CCc1cnoc1-c1ccc(F)cc1)Nc1cnc2ccccc2c1.O=C(O)C(F)(F)F. The summed E-state index contributed by atoms with van der Waals surface area (Å²) in [6.07, 6.45) is -1.13. The summed E-state index contributed by atoms with van der Waals surface area (Å²) in [7, 11) is 0. The molecular formula is C23H17F4N3O4. The molecule has 4 rings (SSSR count). The van der Waals surface area contributed by atoms with Gasteiger partial charge in [0.15, 0.2) is 5.76 Å². The van der Waals surface area contributed by atoms with E-state index < -0.39 is 12.1 Å². The minimum atomic E-state index is -5.08. The second kappa shape index (κ2) is 10.6. The Morgan fingerprint density at radius 1 is 1.03 bits per heavy atom. The highest BCUT2D eigenvalue weighted by Gasteiger charge is 2.38. The van der Waals surface area contributed by atoms with E-state index in [2.05, 4.69) is 15.5 Å². The van der Waals surface area contributed by atoms with Gasteiger partial charge in [0, 0.05) is 22.9 Å². The highest BCUT2D eigenvalue weighted by molar-refractivity contribution is 5.93. The van der Waals surface area contributed by atoms with Gasteiger partial charge in [0.2, 0.25) is 5.91 Å². The molecule has 0 radical (unpaired) electrons. The lowest BCUT2D eigenvalue weighted by atomic mass is 10.1. The number of rotatable bonds is 5. The van der Waals surface area contributed by atoms with E-state index in [1.165, 1.54) is 12.1 Å². The van der Waals surface area contributed by atoms with E-state index in [0.717, 1.165) is 22.0 Å². The van der Waals surface area contributed by atoms with Gasteiger partial charge in [0.25, 0.3) is 0 Å². The number of anilines is 1. The molecule has 1 amide bonds. The van der Waals surface area contributed by atoms with Crippen LogP contribution in [0.2, 0.25) is 0 Å². The largest absolute Gasteiger partial charge is 0.490 e. The molecule has 2 aromatic heterocycles. The van der Waals surface area contributed by atoms with Gasteiger partial charge in [-0.2, -0.15) is 13.2 Å². The number of hydrogen-bond acceptors (Lipinski definition) is 5. The van der Waals surface area contributed by atoms with Crippen LogP contribution in [0.3, 0.4) is 0 Å². The number of fused-ring (bicyclic) bond motifs is 1. The number of alkyl halides is 3. The number of hydrogen-bond donors (Lipinski definition) is 2. The first kappa shape index (κ1) is 24.4. The average Bonchev–Trinajstić information content (AvgIpc) is 3.26. The first-order valence-corrected chi connectivity index (χ1v) is 9.78. The van der Waals surface area contributed by atoms with Crippen LogP contribution in [0.4, 0.5) is 23.2 Å². The van der Waals surface area contributed by atoms with E-state index >= 15 is 0 Å².